The maximum atomic E-state index is 13.1. The fourth-order valence-corrected chi connectivity index (χ4v) is 4.90. The van der Waals surface area contributed by atoms with Crippen LogP contribution in [0.3, 0.4) is 0 Å². The van der Waals surface area contributed by atoms with Gasteiger partial charge in [0.05, 0.1) is 22.6 Å². The molecule has 4 aromatic rings. The molecule has 2 heterocycles. The second-order valence-corrected chi connectivity index (χ2v) is 8.95. The molecule has 36 heavy (non-hydrogen) atoms. The largest absolute Gasteiger partial charge is 0.478 e. The Kier molecular flexibility index (Phi) is 6.21. The Bertz CT molecular complexity index is 1480. The van der Waals surface area contributed by atoms with Crippen molar-refractivity contribution in [3.05, 3.63) is 83.4 Å². The van der Waals surface area contributed by atoms with Crippen molar-refractivity contribution in [1.82, 2.24) is 20.2 Å². The van der Waals surface area contributed by atoms with Crippen LogP contribution in [0.2, 0.25) is 0 Å². The van der Waals surface area contributed by atoms with Crippen molar-refractivity contribution in [2.24, 2.45) is 0 Å². The zero-order chi connectivity index (χ0) is 25.2. The summed E-state index contributed by atoms with van der Waals surface area (Å²) in [5, 5.41) is 30.6. The van der Waals surface area contributed by atoms with Gasteiger partial charge in [-0.3, -0.25) is 4.79 Å². The monoisotopic (exact) mass is 501 g/mol. The number of carbonyl (C=O) groups is 3. The minimum absolute atomic E-state index is 0.104. The highest BCUT2D eigenvalue weighted by molar-refractivity contribution is 7.99. The maximum Gasteiger partial charge on any atom is 0.336 e. The molecular weight excluding hydrogens is 482 g/mol. The quantitative estimate of drug-likeness (QED) is 0.365. The first-order valence-corrected chi connectivity index (χ1v) is 11.9. The van der Waals surface area contributed by atoms with E-state index in [-0.39, 0.29) is 22.8 Å². The first kappa shape index (κ1) is 23.2. The van der Waals surface area contributed by atoms with Crippen LogP contribution in [-0.4, -0.2) is 60.6 Å². The van der Waals surface area contributed by atoms with Gasteiger partial charge in [0.15, 0.2) is 0 Å². The van der Waals surface area contributed by atoms with Crippen LogP contribution >= 0.6 is 11.8 Å². The molecule has 0 fully saturated rings. The van der Waals surface area contributed by atoms with Crippen molar-refractivity contribution < 1.29 is 24.6 Å². The normalized spacial score (nSPS) is 12.4. The lowest BCUT2D eigenvalue weighted by atomic mass is 9.97. The lowest BCUT2D eigenvalue weighted by Crippen LogP contribution is -2.30. The number of aromatic nitrogens is 4. The first-order valence-electron chi connectivity index (χ1n) is 10.9. The van der Waals surface area contributed by atoms with Gasteiger partial charge in [-0.15, -0.1) is 5.10 Å². The number of nitrogens with zero attached hydrogens (tertiary/aromatic N) is 5. The van der Waals surface area contributed by atoms with Crippen LogP contribution in [0.4, 0.5) is 5.69 Å². The van der Waals surface area contributed by atoms with Gasteiger partial charge in [-0.1, -0.05) is 36.0 Å². The number of fused-ring (bicyclic) bond motifs is 1. The van der Waals surface area contributed by atoms with E-state index in [1.807, 2.05) is 18.2 Å². The van der Waals surface area contributed by atoms with E-state index in [1.54, 1.807) is 41.3 Å². The first-order chi connectivity index (χ1) is 17.4. The molecule has 0 aliphatic carbocycles. The fraction of sp³-hybridized carbons (Fsp3) is 0.120. The molecule has 1 amide bonds. The third-order valence-corrected chi connectivity index (χ3v) is 6.77. The van der Waals surface area contributed by atoms with Crippen LogP contribution < -0.4 is 4.90 Å². The summed E-state index contributed by atoms with van der Waals surface area (Å²) in [6, 6.07) is 18.6. The van der Waals surface area contributed by atoms with E-state index in [0.717, 1.165) is 16.8 Å². The summed E-state index contributed by atoms with van der Waals surface area (Å²) in [5.41, 5.74) is 4.18. The van der Waals surface area contributed by atoms with E-state index in [4.69, 9.17) is 5.11 Å². The molecule has 3 aromatic carbocycles. The molecule has 0 radical (unpaired) electrons. The number of aromatic carboxylic acids is 2. The van der Waals surface area contributed by atoms with Gasteiger partial charge in [-0.05, 0) is 76.0 Å². The van der Waals surface area contributed by atoms with Crippen molar-refractivity contribution >= 4 is 35.3 Å². The number of carbonyl (C=O) groups excluding carboxylic acids is 1. The number of anilines is 1. The highest BCUT2D eigenvalue weighted by Crippen LogP contribution is 2.34. The molecule has 11 heteroatoms. The number of tetrazole rings is 1. The van der Waals surface area contributed by atoms with Gasteiger partial charge in [0.2, 0.25) is 11.1 Å². The molecule has 1 aromatic heterocycles. The molecule has 1 aliphatic rings. The summed E-state index contributed by atoms with van der Waals surface area (Å²) in [4.78, 5) is 37.4. The van der Waals surface area contributed by atoms with E-state index in [0.29, 0.717) is 29.4 Å². The SMILES string of the molecule is O=C(O)c1ccc(-n2nnnc2SCC(=O)N2CCc3cc(-c4ccccc4C(=O)O)ccc32)cc1. The molecule has 1 aliphatic heterocycles. The van der Waals surface area contributed by atoms with Gasteiger partial charge in [-0.25, -0.2) is 9.59 Å². The minimum atomic E-state index is -1.03. The van der Waals surface area contributed by atoms with Gasteiger partial charge in [0, 0.05) is 12.2 Å². The predicted molar refractivity (Wildman–Crippen MR) is 132 cm³/mol. The van der Waals surface area contributed by atoms with Crippen molar-refractivity contribution in [2.75, 3.05) is 17.2 Å². The average molecular weight is 502 g/mol. The zero-order valence-electron chi connectivity index (χ0n) is 18.7. The van der Waals surface area contributed by atoms with Crippen molar-refractivity contribution in [1.29, 1.82) is 0 Å². The average Bonchev–Trinajstić information content (AvgIpc) is 3.54. The number of thioether (sulfide) groups is 1. The summed E-state index contributed by atoms with van der Waals surface area (Å²) in [7, 11) is 0. The zero-order valence-corrected chi connectivity index (χ0v) is 19.6. The van der Waals surface area contributed by atoms with Crippen molar-refractivity contribution in [3.63, 3.8) is 0 Å². The molecule has 0 saturated heterocycles. The molecule has 0 spiro atoms. The fourth-order valence-electron chi connectivity index (χ4n) is 4.13. The highest BCUT2D eigenvalue weighted by Gasteiger charge is 2.26. The van der Waals surface area contributed by atoms with Gasteiger partial charge in [0.1, 0.15) is 0 Å². The number of benzene rings is 3. The van der Waals surface area contributed by atoms with Crippen molar-refractivity contribution in [2.45, 2.75) is 11.6 Å². The minimum Gasteiger partial charge on any atom is -0.478 e. The van der Waals surface area contributed by atoms with Crippen LogP contribution in [-0.2, 0) is 11.2 Å². The lowest BCUT2D eigenvalue weighted by Gasteiger charge is -2.17. The summed E-state index contributed by atoms with van der Waals surface area (Å²) in [6.45, 7) is 0.528. The Hall–Kier alpha value is -4.51. The molecule has 0 saturated carbocycles. The second kappa shape index (κ2) is 9.62. The van der Waals surface area contributed by atoms with Crippen LogP contribution in [0.25, 0.3) is 16.8 Å². The Labute approximate surface area is 209 Å². The Morgan fingerprint density at radius 2 is 1.72 bits per heavy atom. The van der Waals surface area contributed by atoms with Crippen LogP contribution in [0.15, 0.2) is 71.9 Å². The third kappa shape index (κ3) is 4.43. The van der Waals surface area contributed by atoms with Crippen LogP contribution in [0.1, 0.15) is 26.3 Å². The number of rotatable bonds is 7. The molecule has 0 unspecified atom stereocenters. The van der Waals surface area contributed by atoms with E-state index in [9.17, 15) is 19.5 Å². The van der Waals surface area contributed by atoms with E-state index >= 15 is 0 Å². The van der Waals surface area contributed by atoms with Gasteiger partial charge < -0.3 is 15.1 Å². The summed E-state index contributed by atoms with van der Waals surface area (Å²) >= 11 is 1.19. The number of amides is 1. The number of hydrogen-bond donors (Lipinski definition) is 2. The van der Waals surface area contributed by atoms with Gasteiger partial charge in [0.25, 0.3) is 0 Å². The Morgan fingerprint density at radius 1 is 0.944 bits per heavy atom. The third-order valence-electron chi connectivity index (χ3n) is 5.87. The standard InChI is InChI=1S/C25H19N5O5S/c31-22(14-36-25-26-27-28-30(25)18-8-5-15(6-9-18)23(32)33)29-12-11-17-13-16(7-10-21(17)29)19-3-1-2-4-20(19)24(34)35/h1-10,13H,11-12,14H2,(H,32,33)(H,34,35). The lowest BCUT2D eigenvalue weighted by molar-refractivity contribution is -0.116. The predicted octanol–water partition coefficient (Wildman–Crippen LogP) is 3.41. The summed E-state index contributed by atoms with van der Waals surface area (Å²) in [6.07, 6.45) is 0.669. The Balaban J connectivity index is 1.30. The van der Waals surface area contributed by atoms with Crippen LogP contribution in [0.5, 0.6) is 0 Å². The molecule has 2 N–H and O–H groups in total. The Morgan fingerprint density at radius 3 is 2.47 bits per heavy atom. The topological polar surface area (TPSA) is 139 Å². The van der Waals surface area contributed by atoms with Gasteiger partial charge >= 0.3 is 11.9 Å². The van der Waals surface area contributed by atoms with E-state index in [2.05, 4.69) is 15.5 Å². The molecular formula is C25H19N5O5S. The van der Waals surface area contributed by atoms with E-state index < -0.39 is 11.9 Å². The van der Waals surface area contributed by atoms with E-state index in [1.165, 1.54) is 28.6 Å². The number of hydrogen-bond acceptors (Lipinski definition) is 7. The summed E-state index contributed by atoms with van der Waals surface area (Å²) < 4.78 is 1.45. The molecule has 180 valence electrons. The van der Waals surface area contributed by atoms with Crippen molar-refractivity contribution in [3.8, 4) is 16.8 Å². The highest BCUT2D eigenvalue weighted by atomic mass is 32.2. The smallest absolute Gasteiger partial charge is 0.336 e. The second-order valence-electron chi connectivity index (χ2n) is 8.00. The molecule has 0 atom stereocenters. The summed E-state index contributed by atoms with van der Waals surface area (Å²) in [5.74, 6) is -2.01. The molecule has 0 bridgehead atoms. The van der Waals surface area contributed by atoms with Gasteiger partial charge in [-0.2, -0.15) is 4.68 Å². The number of carboxylic acids is 2. The molecule has 5 rings (SSSR count). The van der Waals surface area contributed by atoms with Crippen LogP contribution in [0, 0.1) is 0 Å². The maximum absolute atomic E-state index is 13.1. The number of carboxylic acid groups (broad SMARTS) is 2. The molecule has 10 nitrogen and oxygen atoms in total.